The lowest BCUT2D eigenvalue weighted by Crippen LogP contribution is -2.47. The maximum absolute atomic E-state index is 12.7. The maximum atomic E-state index is 12.7. The number of amides is 1. The SMILES string of the molecule is COCCN1CNn2ccc(=O)c(OCc3ccccc3)c2C1=O. The Kier molecular flexibility index (Phi) is 4.81. The van der Waals surface area contributed by atoms with Crippen LogP contribution in [0.5, 0.6) is 5.75 Å². The average Bonchev–Trinajstić information content (AvgIpc) is 2.61. The third kappa shape index (κ3) is 3.26. The van der Waals surface area contributed by atoms with Gasteiger partial charge in [-0.1, -0.05) is 30.3 Å². The molecule has 7 heteroatoms. The number of fused-ring (bicyclic) bond motifs is 1. The van der Waals surface area contributed by atoms with Crippen LogP contribution in [0.4, 0.5) is 0 Å². The number of rotatable bonds is 6. The molecule has 1 aliphatic rings. The standard InChI is InChI=1S/C17H19N3O4/c1-23-10-9-19-12-18-20-8-7-14(21)16(15(20)17(19)22)24-11-13-5-3-2-4-6-13/h2-8,18H,9-12H2,1H3. The van der Waals surface area contributed by atoms with Crippen LogP contribution in [0.3, 0.4) is 0 Å². The highest BCUT2D eigenvalue weighted by Gasteiger charge is 2.28. The van der Waals surface area contributed by atoms with Crippen LogP contribution in [0.15, 0.2) is 47.4 Å². The van der Waals surface area contributed by atoms with Crippen LogP contribution in [-0.2, 0) is 11.3 Å². The van der Waals surface area contributed by atoms with Crippen molar-refractivity contribution >= 4 is 5.91 Å². The van der Waals surface area contributed by atoms with Gasteiger partial charge >= 0.3 is 0 Å². The largest absolute Gasteiger partial charge is 0.482 e. The molecule has 7 nitrogen and oxygen atoms in total. The molecule has 0 aliphatic carbocycles. The van der Waals surface area contributed by atoms with Crippen LogP contribution in [-0.4, -0.2) is 42.4 Å². The van der Waals surface area contributed by atoms with E-state index in [-0.39, 0.29) is 29.4 Å². The predicted molar refractivity (Wildman–Crippen MR) is 88.6 cm³/mol. The summed E-state index contributed by atoms with van der Waals surface area (Å²) in [5, 5.41) is 0. The molecule has 1 N–H and O–H groups in total. The zero-order chi connectivity index (χ0) is 16.9. The summed E-state index contributed by atoms with van der Waals surface area (Å²) in [6.07, 6.45) is 1.54. The van der Waals surface area contributed by atoms with E-state index >= 15 is 0 Å². The first-order valence-corrected chi connectivity index (χ1v) is 7.65. The molecule has 1 aromatic heterocycles. The molecule has 3 rings (SSSR count). The van der Waals surface area contributed by atoms with Crippen molar-refractivity contribution in [2.45, 2.75) is 6.61 Å². The summed E-state index contributed by atoms with van der Waals surface area (Å²) < 4.78 is 12.2. The van der Waals surface area contributed by atoms with Gasteiger partial charge < -0.3 is 19.8 Å². The van der Waals surface area contributed by atoms with Gasteiger partial charge in [0.25, 0.3) is 5.91 Å². The van der Waals surface area contributed by atoms with E-state index in [1.165, 1.54) is 10.7 Å². The molecule has 1 amide bonds. The van der Waals surface area contributed by atoms with E-state index < -0.39 is 0 Å². The molecule has 0 unspecified atom stereocenters. The van der Waals surface area contributed by atoms with Gasteiger partial charge in [-0.25, -0.2) is 0 Å². The number of aromatic nitrogens is 1. The fourth-order valence-corrected chi connectivity index (χ4v) is 2.48. The lowest BCUT2D eigenvalue weighted by atomic mass is 10.2. The van der Waals surface area contributed by atoms with Gasteiger partial charge in [0, 0.05) is 25.9 Å². The number of hydrogen-bond acceptors (Lipinski definition) is 5. The first kappa shape index (κ1) is 16.1. The van der Waals surface area contributed by atoms with Crippen molar-refractivity contribution in [1.29, 1.82) is 0 Å². The van der Waals surface area contributed by atoms with Crippen LogP contribution < -0.4 is 15.6 Å². The van der Waals surface area contributed by atoms with Gasteiger partial charge in [0.1, 0.15) is 13.3 Å². The van der Waals surface area contributed by atoms with Crippen molar-refractivity contribution in [1.82, 2.24) is 9.58 Å². The van der Waals surface area contributed by atoms with Gasteiger partial charge in [0.2, 0.25) is 5.43 Å². The Labute approximate surface area is 139 Å². The van der Waals surface area contributed by atoms with Crippen molar-refractivity contribution in [2.75, 3.05) is 32.4 Å². The topological polar surface area (TPSA) is 72.8 Å². The third-order valence-electron chi connectivity index (χ3n) is 3.77. The van der Waals surface area contributed by atoms with Crippen molar-refractivity contribution < 1.29 is 14.3 Å². The fourth-order valence-electron chi connectivity index (χ4n) is 2.48. The molecule has 2 aromatic rings. The lowest BCUT2D eigenvalue weighted by Gasteiger charge is -2.31. The molecule has 126 valence electrons. The Morgan fingerprint density at radius 1 is 1.17 bits per heavy atom. The molecule has 1 aliphatic heterocycles. The second kappa shape index (κ2) is 7.18. The molecular weight excluding hydrogens is 310 g/mol. The molecule has 2 heterocycles. The van der Waals surface area contributed by atoms with Gasteiger partial charge in [-0.15, -0.1) is 0 Å². The molecule has 0 bridgehead atoms. The van der Waals surface area contributed by atoms with Crippen LogP contribution in [0.25, 0.3) is 0 Å². The van der Waals surface area contributed by atoms with Gasteiger partial charge in [-0.05, 0) is 5.56 Å². The number of nitrogens with zero attached hydrogens (tertiary/aromatic N) is 2. The molecule has 24 heavy (non-hydrogen) atoms. The van der Waals surface area contributed by atoms with E-state index in [0.29, 0.717) is 19.8 Å². The van der Waals surface area contributed by atoms with Crippen molar-refractivity contribution in [3.63, 3.8) is 0 Å². The summed E-state index contributed by atoms with van der Waals surface area (Å²) in [5.74, 6) is -0.201. The molecule has 0 saturated heterocycles. The average molecular weight is 329 g/mol. The summed E-state index contributed by atoms with van der Waals surface area (Å²) in [6.45, 7) is 1.42. The third-order valence-corrected chi connectivity index (χ3v) is 3.77. The Morgan fingerprint density at radius 2 is 1.96 bits per heavy atom. The normalized spacial score (nSPS) is 13.4. The smallest absolute Gasteiger partial charge is 0.277 e. The quantitative estimate of drug-likeness (QED) is 0.857. The van der Waals surface area contributed by atoms with Gasteiger partial charge in [0.05, 0.1) is 6.61 Å². The molecule has 1 aromatic carbocycles. The van der Waals surface area contributed by atoms with E-state index in [2.05, 4.69) is 5.43 Å². The fraction of sp³-hybridized carbons (Fsp3) is 0.294. The summed E-state index contributed by atoms with van der Waals surface area (Å²) in [6, 6.07) is 10.9. The van der Waals surface area contributed by atoms with Crippen molar-refractivity contribution in [3.05, 3.63) is 64.1 Å². The number of pyridine rings is 1. The zero-order valence-corrected chi connectivity index (χ0v) is 13.4. The highest BCUT2D eigenvalue weighted by molar-refractivity contribution is 5.96. The van der Waals surface area contributed by atoms with E-state index in [9.17, 15) is 9.59 Å². The zero-order valence-electron chi connectivity index (χ0n) is 13.4. The molecule has 0 spiro atoms. The number of carbonyl (C=O) groups excluding carboxylic acids is 1. The number of methoxy groups -OCH3 is 1. The minimum absolute atomic E-state index is 0.0565. The van der Waals surface area contributed by atoms with E-state index in [4.69, 9.17) is 9.47 Å². The first-order chi connectivity index (χ1) is 11.7. The van der Waals surface area contributed by atoms with Crippen LogP contribution in [0, 0.1) is 0 Å². The van der Waals surface area contributed by atoms with Crippen molar-refractivity contribution in [3.8, 4) is 5.75 Å². The number of carbonyl (C=O) groups is 1. The highest BCUT2D eigenvalue weighted by atomic mass is 16.5. The minimum atomic E-state index is -0.319. The van der Waals surface area contributed by atoms with E-state index in [1.54, 1.807) is 18.2 Å². The van der Waals surface area contributed by atoms with Crippen LogP contribution in [0.1, 0.15) is 16.1 Å². The second-order valence-corrected chi connectivity index (χ2v) is 5.38. The Balaban J connectivity index is 1.87. The first-order valence-electron chi connectivity index (χ1n) is 7.65. The number of nitrogens with one attached hydrogen (secondary N) is 1. The summed E-state index contributed by atoms with van der Waals surface area (Å²) >= 11 is 0. The molecular formula is C17H19N3O4. The number of benzene rings is 1. The minimum Gasteiger partial charge on any atom is -0.482 e. The molecule has 0 saturated carbocycles. The van der Waals surface area contributed by atoms with E-state index in [0.717, 1.165) is 5.56 Å². The maximum Gasteiger partial charge on any atom is 0.277 e. The predicted octanol–water partition coefficient (Wildman–Crippen LogP) is 1.03. The van der Waals surface area contributed by atoms with E-state index in [1.807, 2.05) is 30.3 Å². The van der Waals surface area contributed by atoms with Crippen LogP contribution >= 0.6 is 0 Å². The lowest BCUT2D eigenvalue weighted by molar-refractivity contribution is 0.0659. The summed E-state index contributed by atoms with van der Waals surface area (Å²) in [7, 11) is 1.58. The monoisotopic (exact) mass is 329 g/mol. The summed E-state index contributed by atoms with van der Waals surface area (Å²) in [4.78, 5) is 26.5. The number of ether oxygens (including phenoxy) is 2. The molecule has 0 radical (unpaired) electrons. The second-order valence-electron chi connectivity index (χ2n) is 5.38. The Morgan fingerprint density at radius 3 is 2.71 bits per heavy atom. The van der Waals surface area contributed by atoms with Crippen molar-refractivity contribution in [2.24, 2.45) is 0 Å². The molecule has 0 fully saturated rings. The molecule has 0 atom stereocenters. The Hall–Kier alpha value is -2.80. The van der Waals surface area contributed by atoms with Crippen LogP contribution in [0.2, 0.25) is 0 Å². The highest BCUT2D eigenvalue weighted by Crippen LogP contribution is 2.19. The van der Waals surface area contributed by atoms with Gasteiger partial charge in [-0.2, -0.15) is 0 Å². The Bertz CT molecular complexity index is 773. The van der Waals surface area contributed by atoms with Gasteiger partial charge in [0.15, 0.2) is 11.4 Å². The number of hydrogen-bond donors (Lipinski definition) is 1. The van der Waals surface area contributed by atoms with Gasteiger partial charge in [-0.3, -0.25) is 14.3 Å². The summed E-state index contributed by atoms with van der Waals surface area (Å²) in [5.41, 5.74) is 3.88.